The Bertz CT molecular complexity index is 1760. The maximum absolute atomic E-state index is 14.1. The Balaban J connectivity index is 1.44. The van der Waals surface area contributed by atoms with Gasteiger partial charge in [-0.3, -0.25) is 15.0 Å². The largest absolute Gasteiger partial charge is 0.573 e. The number of urea groups is 1. The van der Waals surface area contributed by atoms with Crippen LogP contribution in [0, 0.1) is 5.41 Å². The van der Waals surface area contributed by atoms with Crippen LogP contribution in [0.2, 0.25) is 13.1 Å². The van der Waals surface area contributed by atoms with E-state index >= 15 is 0 Å². The van der Waals surface area contributed by atoms with Crippen molar-refractivity contribution in [2.45, 2.75) is 90.9 Å². The molecule has 0 aliphatic heterocycles. The van der Waals surface area contributed by atoms with E-state index in [0.29, 0.717) is 17.2 Å². The molecule has 51 heavy (non-hydrogen) atoms. The molecule has 1 unspecified atom stereocenters. The Kier molecular flexibility index (Phi) is 11.8. The predicted octanol–water partition coefficient (Wildman–Crippen LogP) is 8.72. The van der Waals surface area contributed by atoms with E-state index in [1.54, 1.807) is 29.2 Å². The van der Waals surface area contributed by atoms with Gasteiger partial charge in [-0.05, 0) is 96.1 Å². The summed E-state index contributed by atoms with van der Waals surface area (Å²) in [4.78, 5) is 28.3. The van der Waals surface area contributed by atoms with Crippen LogP contribution in [-0.2, 0) is 11.0 Å². The number of ether oxygens (including phenoxy) is 1. The van der Waals surface area contributed by atoms with E-state index < -0.39 is 38.9 Å². The van der Waals surface area contributed by atoms with Crippen LogP contribution in [0.4, 0.5) is 35.3 Å². The summed E-state index contributed by atoms with van der Waals surface area (Å²) in [6.07, 6.45) is 0.251. The van der Waals surface area contributed by atoms with Crippen LogP contribution in [0.5, 0.6) is 5.75 Å². The minimum atomic E-state index is -4.92. The van der Waals surface area contributed by atoms with E-state index in [9.17, 15) is 22.8 Å². The van der Waals surface area contributed by atoms with E-state index in [0.717, 1.165) is 18.4 Å². The SMILES string of the molecule is C[SiH](C)OC(c1cc(NC(=O)N(Cc2ccc(C(=O)Nc3nn[nH]n3)cc2)c2ccc(C3CCCCC3)cc2)ccc1OC(F)(F)F)C(C)(C)C. The molecule has 1 fully saturated rings. The molecule has 1 heterocycles. The zero-order chi connectivity index (χ0) is 36.8. The highest BCUT2D eigenvalue weighted by atomic mass is 28.3. The average molecular weight is 724 g/mol. The number of nitrogens with zero attached hydrogens (tertiary/aromatic N) is 4. The number of anilines is 3. The first kappa shape index (κ1) is 37.5. The number of H-pyrrole nitrogens is 1. The second-order valence-corrected chi connectivity index (χ2v) is 16.4. The zero-order valence-electron chi connectivity index (χ0n) is 29.4. The van der Waals surface area contributed by atoms with Gasteiger partial charge in [-0.1, -0.05) is 69.4 Å². The van der Waals surface area contributed by atoms with E-state index in [1.165, 1.54) is 43.0 Å². The summed E-state index contributed by atoms with van der Waals surface area (Å²) >= 11 is 0. The normalized spacial score (nSPS) is 14.6. The van der Waals surface area contributed by atoms with Gasteiger partial charge in [-0.25, -0.2) is 4.79 Å². The van der Waals surface area contributed by atoms with Crippen molar-refractivity contribution in [3.63, 3.8) is 0 Å². The van der Waals surface area contributed by atoms with Crippen LogP contribution in [0.1, 0.15) is 91.9 Å². The highest BCUT2D eigenvalue weighted by molar-refractivity contribution is 6.48. The molecule has 0 radical (unpaired) electrons. The minimum absolute atomic E-state index is 0.0384. The molecule has 15 heteroatoms. The first-order chi connectivity index (χ1) is 24.2. The fraction of sp³-hybridized carbons (Fsp3) is 0.417. The van der Waals surface area contributed by atoms with Crippen molar-refractivity contribution in [2.75, 3.05) is 15.5 Å². The van der Waals surface area contributed by atoms with Crippen LogP contribution in [0.25, 0.3) is 0 Å². The number of aromatic nitrogens is 4. The molecule has 1 aliphatic carbocycles. The Labute approximate surface area is 297 Å². The van der Waals surface area contributed by atoms with E-state index in [4.69, 9.17) is 4.43 Å². The maximum atomic E-state index is 14.1. The zero-order valence-corrected chi connectivity index (χ0v) is 30.5. The molecule has 1 aromatic heterocycles. The molecule has 4 aromatic rings. The van der Waals surface area contributed by atoms with Gasteiger partial charge in [-0.2, -0.15) is 5.21 Å². The van der Waals surface area contributed by atoms with Gasteiger partial charge in [0.2, 0.25) is 0 Å². The standard InChI is InChI=1S/C36H44F3N7O4Si/c1-35(2,3)31(50-51(4)5)29-21-27(17-20-30(29)49-36(37,38)39)40-34(48)46(28-18-15-25(16-19-28)24-9-7-6-8-10-24)22-23-11-13-26(14-12-23)32(47)41-33-42-44-45-43-33/h11-21,24,31,51H,6-10,22H2,1-5H3,(H,40,48)(H2,41,42,43,44,45,47). The lowest BCUT2D eigenvalue weighted by molar-refractivity contribution is -0.275. The summed E-state index contributed by atoms with van der Waals surface area (Å²) in [5, 5.41) is 18.6. The second kappa shape index (κ2) is 16.1. The monoisotopic (exact) mass is 723 g/mol. The van der Waals surface area contributed by atoms with Crippen LogP contribution in [-0.4, -0.2) is 48.0 Å². The molecular weight excluding hydrogens is 680 g/mol. The maximum Gasteiger partial charge on any atom is 0.573 e. The molecule has 0 spiro atoms. The Morgan fingerprint density at radius 2 is 1.65 bits per heavy atom. The molecule has 3 amide bonds. The van der Waals surface area contributed by atoms with Crippen molar-refractivity contribution < 1.29 is 31.9 Å². The number of halogens is 3. The second-order valence-electron chi connectivity index (χ2n) is 14.1. The van der Waals surface area contributed by atoms with Crippen LogP contribution < -0.4 is 20.3 Å². The van der Waals surface area contributed by atoms with Crippen molar-refractivity contribution in [1.29, 1.82) is 0 Å². The average Bonchev–Trinajstić information content (AvgIpc) is 3.59. The van der Waals surface area contributed by atoms with Crippen LogP contribution in [0.3, 0.4) is 0 Å². The number of hydrogen-bond donors (Lipinski definition) is 3. The number of alkyl halides is 3. The van der Waals surface area contributed by atoms with E-state index in [-0.39, 0.29) is 29.5 Å². The van der Waals surface area contributed by atoms with Crippen LogP contribution in [0.15, 0.2) is 66.7 Å². The number of benzene rings is 3. The third-order valence-corrected chi connectivity index (χ3v) is 9.43. The molecule has 1 atom stereocenters. The number of rotatable bonds is 11. The van der Waals surface area contributed by atoms with Crippen molar-refractivity contribution >= 4 is 38.3 Å². The third kappa shape index (κ3) is 10.4. The van der Waals surface area contributed by atoms with Gasteiger partial charge in [0, 0.05) is 22.5 Å². The first-order valence-electron chi connectivity index (χ1n) is 17.0. The van der Waals surface area contributed by atoms with Gasteiger partial charge in [0.1, 0.15) is 5.75 Å². The summed E-state index contributed by atoms with van der Waals surface area (Å²) in [6, 6.07) is 18.3. The smallest absolute Gasteiger partial charge is 0.413 e. The van der Waals surface area contributed by atoms with Gasteiger partial charge < -0.3 is 14.5 Å². The highest BCUT2D eigenvalue weighted by Gasteiger charge is 2.36. The Hall–Kier alpha value is -4.76. The number of aromatic amines is 1. The third-order valence-electron chi connectivity index (χ3n) is 8.62. The van der Waals surface area contributed by atoms with Crippen molar-refractivity contribution in [1.82, 2.24) is 20.6 Å². The van der Waals surface area contributed by atoms with Crippen molar-refractivity contribution in [2.24, 2.45) is 5.41 Å². The Morgan fingerprint density at radius 1 is 0.961 bits per heavy atom. The van der Waals surface area contributed by atoms with Crippen molar-refractivity contribution in [3.8, 4) is 5.75 Å². The lowest BCUT2D eigenvalue weighted by atomic mass is 9.84. The Morgan fingerprint density at radius 3 is 2.24 bits per heavy atom. The van der Waals surface area contributed by atoms with Gasteiger partial charge in [0.15, 0.2) is 9.04 Å². The van der Waals surface area contributed by atoms with Crippen molar-refractivity contribution in [3.05, 3.63) is 89.0 Å². The predicted molar refractivity (Wildman–Crippen MR) is 191 cm³/mol. The van der Waals surface area contributed by atoms with Gasteiger partial charge >= 0.3 is 12.4 Å². The van der Waals surface area contributed by atoms with Gasteiger partial charge in [-0.15, -0.1) is 18.3 Å². The topological polar surface area (TPSA) is 134 Å². The fourth-order valence-corrected chi connectivity index (χ4v) is 7.33. The molecule has 11 nitrogen and oxygen atoms in total. The molecule has 0 bridgehead atoms. The number of nitrogens with one attached hydrogen (secondary N) is 3. The number of carbonyl (C=O) groups is 2. The molecule has 3 N–H and O–H groups in total. The summed E-state index contributed by atoms with van der Waals surface area (Å²) in [5.41, 5.74) is 2.83. The van der Waals surface area contributed by atoms with E-state index in [1.807, 2.05) is 46.0 Å². The molecule has 3 aromatic carbocycles. The fourth-order valence-electron chi connectivity index (χ4n) is 6.23. The first-order valence-corrected chi connectivity index (χ1v) is 19.8. The van der Waals surface area contributed by atoms with Gasteiger partial charge in [0.05, 0.1) is 12.6 Å². The van der Waals surface area contributed by atoms with Gasteiger partial charge in [0.25, 0.3) is 11.9 Å². The van der Waals surface area contributed by atoms with Crippen LogP contribution >= 0.6 is 0 Å². The molecule has 272 valence electrons. The minimum Gasteiger partial charge on any atom is -0.413 e. The lowest BCUT2D eigenvalue weighted by Gasteiger charge is -2.34. The summed E-state index contributed by atoms with van der Waals surface area (Å²) < 4.78 is 51.2. The van der Waals surface area contributed by atoms with E-state index in [2.05, 4.69) is 48.1 Å². The number of carbonyl (C=O) groups excluding carboxylic acids is 2. The quantitative estimate of drug-likeness (QED) is 0.132. The summed E-state index contributed by atoms with van der Waals surface area (Å²) in [5.74, 6) is -0.295. The number of hydrogen-bond acceptors (Lipinski definition) is 7. The molecule has 1 aliphatic rings. The lowest BCUT2D eigenvalue weighted by Crippen LogP contribution is -2.34. The molecule has 5 rings (SSSR count). The molecular formula is C36H44F3N7O4Si. The summed E-state index contributed by atoms with van der Waals surface area (Å²) in [7, 11) is -1.72. The molecule has 1 saturated carbocycles. The number of tetrazole rings is 1. The highest BCUT2D eigenvalue weighted by Crippen LogP contribution is 2.43. The molecule has 0 saturated heterocycles. The summed E-state index contributed by atoms with van der Waals surface area (Å²) in [6.45, 7) is 9.68. The number of amides is 3.